The zero-order valence-corrected chi connectivity index (χ0v) is 17.9. The molecular formula is C23H31N3O4. The largest absolute Gasteiger partial charge is 0.492 e. The van der Waals surface area contributed by atoms with Crippen molar-refractivity contribution in [2.75, 3.05) is 33.8 Å². The van der Waals surface area contributed by atoms with Crippen LogP contribution in [0.4, 0.5) is 4.79 Å². The molecule has 2 rings (SSSR count). The molecule has 0 radical (unpaired) electrons. The number of benzene rings is 2. The van der Waals surface area contributed by atoms with E-state index in [0.717, 1.165) is 23.4 Å². The van der Waals surface area contributed by atoms with Crippen LogP contribution in [0.15, 0.2) is 54.6 Å². The molecule has 2 amide bonds. The van der Waals surface area contributed by atoms with Crippen molar-refractivity contribution < 1.29 is 19.1 Å². The van der Waals surface area contributed by atoms with Gasteiger partial charge in [0.15, 0.2) is 0 Å². The number of alkyl carbamates (subject to hydrolysis) is 1. The summed E-state index contributed by atoms with van der Waals surface area (Å²) in [6.45, 7) is 3.89. The van der Waals surface area contributed by atoms with E-state index in [1.54, 1.807) is 0 Å². The van der Waals surface area contributed by atoms with Crippen molar-refractivity contribution >= 4 is 12.0 Å². The molecular weight excluding hydrogens is 382 g/mol. The Hall–Kier alpha value is -3.06. The molecule has 0 saturated heterocycles. The van der Waals surface area contributed by atoms with E-state index in [4.69, 9.17) is 9.47 Å². The lowest BCUT2D eigenvalue weighted by molar-refractivity contribution is -0.122. The van der Waals surface area contributed by atoms with Crippen LogP contribution in [0, 0.1) is 0 Å². The van der Waals surface area contributed by atoms with Crippen LogP contribution in [0.25, 0.3) is 0 Å². The van der Waals surface area contributed by atoms with Crippen LogP contribution in [-0.2, 0) is 22.6 Å². The summed E-state index contributed by atoms with van der Waals surface area (Å²) in [6.07, 6.45) is -0.275. The summed E-state index contributed by atoms with van der Waals surface area (Å²) in [4.78, 5) is 26.7. The first-order chi connectivity index (χ1) is 14.5. The molecule has 2 N–H and O–H groups in total. The fourth-order valence-corrected chi connectivity index (χ4v) is 2.72. The number of hydrogen-bond donors (Lipinski definition) is 2. The van der Waals surface area contributed by atoms with Gasteiger partial charge in [0.05, 0.1) is 0 Å². The van der Waals surface area contributed by atoms with E-state index in [-0.39, 0.29) is 12.5 Å². The zero-order chi connectivity index (χ0) is 21.8. The molecule has 0 aliphatic heterocycles. The van der Waals surface area contributed by atoms with Gasteiger partial charge in [-0.2, -0.15) is 0 Å². The lowest BCUT2D eigenvalue weighted by Crippen LogP contribution is -2.48. The Morgan fingerprint density at radius 1 is 1.00 bits per heavy atom. The number of nitrogens with zero attached hydrogens (tertiary/aromatic N) is 1. The van der Waals surface area contributed by atoms with Crippen LogP contribution in [-0.4, -0.2) is 56.7 Å². The number of nitrogens with one attached hydrogen (secondary N) is 2. The quantitative estimate of drug-likeness (QED) is 0.592. The van der Waals surface area contributed by atoms with Gasteiger partial charge in [-0.05, 0) is 44.3 Å². The van der Waals surface area contributed by atoms with Crippen LogP contribution >= 0.6 is 0 Å². The van der Waals surface area contributed by atoms with Crippen LogP contribution in [0.3, 0.4) is 0 Å². The minimum atomic E-state index is -0.728. The molecule has 1 atom stereocenters. The van der Waals surface area contributed by atoms with Gasteiger partial charge in [0, 0.05) is 19.5 Å². The molecule has 0 fully saturated rings. The molecule has 7 heteroatoms. The number of hydrogen-bond acceptors (Lipinski definition) is 5. The fourth-order valence-electron chi connectivity index (χ4n) is 2.72. The van der Waals surface area contributed by atoms with Crippen molar-refractivity contribution in [2.45, 2.75) is 26.0 Å². The molecule has 162 valence electrons. The van der Waals surface area contributed by atoms with E-state index < -0.39 is 12.1 Å². The van der Waals surface area contributed by atoms with Gasteiger partial charge in [0.1, 0.15) is 25.0 Å². The molecule has 0 aromatic heterocycles. The third-order valence-corrected chi connectivity index (χ3v) is 4.34. The highest BCUT2D eigenvalue weighted by Gasteiger charge is 2.21. The second-order valence-electron chi connectivity index (χ2n) is 7.15. The standard InChI is InChI=1S/C23H31N3O4/c1-4-24-22(27)21(25-23(28)30-17-19-8-6-5-7-9-19)16-18-10-12-20(13-11-18)29-15-14-26(2)3/h5-13,21H,4,14-17H2,1-3H3,(H,24,27)(H,25,28)/t21-/m0/s1. The minimum absolute atomic E-state index is 0.147. The summed E-state index contributed by atoms with van der Waals surface area (Å²) in [6, 6.07) is 16.2. The van der Waals surface area contributed by atoms with E-state index in [0.29, 0.717) is 19.6 Å². The highest BCUT2D eigenvalue weighted by Crippen LogP contribution is 2.14. The Bertz CT molecular complexity index is 779. The molecule has 2 aromatic rings. The summed E-state index contributed by atoms with van der Waals surface area (Å²) >= 11 is 0. The Kier molecular flexibility index (Phi) is 9.67. The molecule has 0 unspecified atom stereocenters. The van der Waals surface area contributed by atoms with Crippen molar-refractivity contribution in [3.63, 3.8) is 0 Å². The number of amides is 2. The topological polar surface area (TPSA) is 79.9 Å². The van der Waals surface area contributed by atoms with Crippen molar-refractivity contribution in [2.24, 2.45) is 0 Å². The lowest BCUT2D eigenvalue weighted by Gasteiger charge is -2.18. The van der Waals surface area contributed by atoms with Gasteiger partial charge in [-0.25, -0.2) is 4.79 Å². The Balaban J connectivity index is 1.92. The summed E-state index contributed by atoms with van der Waals surface area (Å²) < 4.78 is 10.9. The number of rotatable bonds is 11. The summed E-state index contributed by atoms with van der Waals surface area (Å²) in [5.74, 6) is 0.519. The minimum Gasteiger partial charge on any atom is -0.492 e. The summed E-state index contributed by atoms with van der Waals surface area (Å²) in [5, 5.41) is 5.43. The predicted octanol–water partition coefficient (Wildman–Crippen LogP) is 2.60. The monoisotopic (exact) mass is 413 g/mol. The van der Waals surface area contributed by atoms with E-state index in [9.17, 15) is 9.59 Å². The molecule has 0 spiro atoms. The molecule has 0 bridgehead atoms. The van der Waals surface area contributed by atoms with Crippen LogP contribution in [0.1, 0.15) is 18.1 Å². The smallest absolute Gasteiger partial charge is 0.408 e. The van der Waals surface area contributed by atoms with Crippen molar-refractivity contribution in [1.29, 1.82) is 0 Å². The van der Waals surface area contributed by atoms with Gasteiger partial charge in [-0.1, -0.05) is 42.5 Å². The average molecular weight is 414 g/mol. The highest BCUT2D eigenvalue weighted by atomic mass is 16.5. The zero-order valence-electron chi connectivity index (χ0n) is 17.9. The van der Waals surface area contributed by atoms with Gasteiger partial charge in [0.25, 0.3) is 0 Å². The molecule has 0 heterocycles. The van der Waals surface area contributed by atoms with Crippen molar-refractivity contribution in [3.05, 3.63) is 65.7 Å². The van der Waals surface area contributed by atoms with E-state index in [1.165, 1.54) is 0 Å². The summed E-state index contributed by atoms with van der Waals surface area (Å²) in [7, 11) is 3.98. The Morgan fingerprint density at radius 2 is 1.70 bits per heavy atom. The number of ether oxygens (including phenoxy) is 2. The van der Waals surface area contributed by atoms with E-state index in [2.05, 4.69) is 10.6 Å². The summed E-state index contributed by atoms with van der Waals surface area (Å²) in [5.41, 5.74) is 1.79. The molecule has 0 aliphatic rings. The second kappa shape index (κ2) is 12.5. The maximum Gasteiger partial charge on any atom is 0.408 e. The maximum atomic E-state index is 12.4. The first-order valence-corrected chi connectivity index (χ1v) is 10.1. The Morgan fingerprint density at radius 3 is 2.33 bits per heavy atom. The van der Waals surface area contributed by atoms with E-state index in [1.807, 2.05) is 80.5 Å². The van der Waals surface area contributed by atoms with Gasteiger partial charge >= 0.3 is 6.09 Å². The van der Waals surface area contributed by atoms with Gasteiger partial charge in [-0.15, -0.1) is 0 Å². The average Bonchev–Trinajstić information content (AvgIpc) is 2.73. The molecule has 0 aliphatic carbocycles. The van der Waals surface area contributed by atoms with Crippen molar-refractivity contribution in [1.82, 2.24) is 15.5 Å². The van der Waals surface area contributed by atoms with Crippen LogP contribution in [0.2, 0.25) is 0 Å². The third kappa shape index (κ3) is 8.53. The number of likely N-dealkylation sites (N-methyl/N-ethyl adjacent to an activating group) is 2. The lowest BCUT2D eigenvalue weighted by atomic mass is 10.1. The van der Waals surface area contributed by atoms with Gasteiger partial charge in [-0.3, -0.25) is 4.79 Å². The molecule has 30 heavy (non-hydrogen) atoms. The molecule has 7 nitrogen and oxygen atoms in total. The number of carbonyl (C=O) groups is 2. The molecule has 0 saturated carbocycles. The second-order valence-corrected chi connectivity index (χ2v) is 7.15. The number of carbonyl (C=O) groups excluding carboxylic acids is 2. The van der Waals surface area contributed by atoms with Crippen LogP contribution in [0.5, 0.6) is 5.75 Å². The Labute approximate surface area is 178 Å². The SMILES string of the molecule is CCNC(=O)[C@H](Cc1ccc(OCCN(C)C)cc1)NC(=O)OCc1ccccc1. The predicted molar refractivity (Wildman–Crippen MR) is 116 cm³/mol. The van der Waals surface area contributed by atoms with Crippen LogP contribution < -0.4 is 15.4 Å². The third-order valence-electron chi connectivity index (χ3n) is 4.34. The maximum absolute atomic E-state index is 12.4. The normalized spacial score (nSPS) is 11.6. The first-order valence-electron chi connectivity index (χ1n) is 10.1. The highest BCUT2D eigenvalue weighted by molar-refractivity contribution is 5.85. The first kappa shape index (κ1) is 23.2. The van der Waals surface area contributed by atoms with Gasteiger partial charge in [0.2, 0.25) is 5.91 Å². The fraction of sp³-hybridized carbons (Fsp3) is 0.391. The van der Waals surface area contributed by atoms with E-state index >= 15 is 0 Å². The molecule has 2 aromatic carbocycles. The van der Waals surface area contributed by atoms with Gasteiger partial charge < -0.3 is 25.0 Å². The van der Waals surface area contributed by atoms with Crippen molar-refractivity contribution in [3.8, 4) is 5.75 Å².